The molecule has 0 saturated heterocycles. The van der Waals surface area contributed by atoms with Crippen LogP contribution in [0.2, 0.25) is 0 Å². The second-order valence-electron chi connectivity index (χ2n) is 4.12. The first-order valence-electron chi connectivity index (χ1n) is 6.02. The standard InChI is InChI=1S/C14H9FN2O4/c15-11-4-2-1-3-10(11)13-7-9(17-21-13)8-19-14(18)12-5-6-16-20-12/h1-7H,8H2. The van der Waals surface area contributed by atoms with E-state index in [4.69, 9.17) is 9.26 Å². The number of benzene rings is 1. The molecule has 0 fully saturated rings. The van der Waals surface area contributed by atoms with Gasteiger partial charge in [-0.1, -0.05) is 22.4 Å². The van der Waals surface area contributed by atoms with Gasteiger partial charge >= 0.3 is 5.97 Å². The quantitative estimate of drug-likeness (QED) is 0.687. The summed E-state index contributed by atoms with van der Waals surface area (Å²) in [6, 6.07) is 9.05. The van der Waals surface area contributed by atoms with Gasteiger partial charge in [0.15, 0.2) is 5.76 Å². The molecule has 7 heteroatoms. The van der Waals surface area contributed by atoms with E-state index in [1.54, 1.807) is 18.2 Å². The van der Waals surface area contributed by atoms with Gasteiger partial charge in [0.05, 0.1) is 11.8 Å². The van der Waals surface area contributed by atoms with E-state index >= 15 is 0 Å². The van der Waals surface area contributed by atoms with Gasteiger partial charge in [-0.25, -0.2) is 9.18 Å². The molecule has 106 valence electrons. The molecule has 0 aliphatic heterocycles. The summed E-state index contributed by atoms with van der Waals surface area (Å²) >= 11 is 0. The molecule has 0 radical (unpaired) electrons. The maximum absolute atomic E-state index is 13.6. The molecule has 0 amide bonds. The van der Waals surface area contributed by atoms with E-state index < -0.39 is 11.8 Å². The van der Waals surface area contributed by atoms with Crippen LogP contribution in [0.1, 0.15) is 16.2 Å². The lowest BCUT2D eigenvalue weighted by Crippen LogP contribution is -2.03. The molecule has 0 unspecified atom stereocenters. The lowest BCUT2D eigenvalue weighted by atomic mass is 10.1. The molecule has 2 aromatic heterocycles. The molecule has 0 aliphatic rings. The fourth-order valence-electron chi connectivity index (χ4n) is 1.70. The Morgan fingerprint density at radius 3 is 2.86 bits per heavy atom. The number of carbonyl (C=O) groups excluding carboxylic acids is 1. The third-order valence-corrected chi connectivity index (χ3v) is 2.69. The fourth-order valence-corrected chi connectivity index (χ4v) is 1.70. The minimum atomic E-state index is -0.664. The molecule has 0 aliphatic carbocycles. The van der Waals surface area contributed by atoms with Crippen molar-refractivity contribution in [3.63, 3.8) is 0 Å². The minimum Gasteiger partial charge on any atom is -0.453 e. The average Bonchev–Trinajstić information content (AvgIpc) is 3.17. The van der Waals surface area contributed by atoms with Crippen molar-refractivity contribution in [2.75, 3.05) is 0 Å². The van der Waals surface area contributed by atoms with E-state index in [-0.39, 0.29) is 23.7 Å². The molecular weight excluding hydrogens is 279 g/mol. The number of carbonyl (C=O) groups is 1. The van der Waals surface area contributed by atoms with E-state index in [1.165, 1.54) is 24.4 Å². The van der Waals surface area contributed by atoms with Gasteiger partial charge in [0.1, 0.15) is 18.1 Å². The third-order valence-electron chi connectivity index (χ3n) is 2.69. The van der Waals surface area contributed by atoms with Crippen molar-refractivity contribution in [3.8, 4) is 11.3 Å². The van der Waals surface area contributed by atoms with Crippen LogP contribution >= 0.6 is 0 Å². The van der Waals surface area contributed by atoms with Crippen molar-refractivity contribution in [2.24, 2.45) is 0 Å². The Bertz CT molecular complexity index is 752. The van der Waals surface area contributed by atoms with Crippen molar-refractivity contribution < 1.29 is 23.0 Å². The summed E-state index contributed by atoms with van der Waals surface area (Å²) < 4.78 is 28.2. The highest BCUT2D eigenvalue weighted by molar-refractivity contribution is 5.85. The molecule has 2 heterocycles. The smallest absolute Gasteiger partial charge is 0.377 e. The van der Waals surface area contributed by atoms with Gasteiger partial charge in [0, 0.05) is 12.1 Å². The predicted octanol–water partition coefficient (Wildman–Crippen LogP) is 2.83. The Balaban J connectivity index is 1.69. The maximum Gasteiger partial charge on any atom is 0.377 e. The SMILES string of the molecule is O=C(OCc1cc(-c2ccccc2F)on1)c1ccno1. The fraction of sp³-hybridized carbons (Fsp3) is 0.0714. The topological polar surface area (TPSA) is 78.4 Å². The zero-order chi connectivity index (χ0) is 14.7. The number of esters is 1. The van der Waals surface area contributed by atoms with E-state index in [0.717, 1.165) is 0 Å². The highest BCUT2D eigenvalue weighted by atomic mass is 19.1. The van der Waals surface area contributed by atoms with E-state index in [1.807, 2.05) is 0 Å². The first kappa shape index (κ1) is 13.0. The monoisotopic (exact) mass is 288 g/mol. The summed E-state index contributed by atoms with van der Waals surface area (Å²) in [6.07, 6.45) is 1.34. The van der Waals surface area contributed by atoms with Crippen LogP contribution in [-0.2, 0) is 11.3 Å². The number of hydrogen-bond donors (Lipinski definition) is 0. The summed E-state index contributed by atoms with van der Waals surface area (Å²) in [7, 11) is 0. The van der Waals surface area contributed by atoms with Crippen LogP contribution in [0.3, 0.4) is 0 Å². The zero-order valence-electron chi connectivity index (χ0n) is 10.7. The van der Waals surface area contributed by atoms with E-state index in [9.17, 15) is 9.18 Å². The van der Waals surface area contributed by atoms with Gasteiger partial charge in [0.2, 0.25) is 5.76 Å². The molecule has 0 N–H and O–H groups in total. The largest absolute Gasteiger partial charge is 0.453 e. The van der Waals surface area contributed by atoms with Crippen LogP contribution in [-0.4, -0.2) is 16.3 Å². The molecule has 3 rings (SSSR count). The maximum atomic E-state index is 13.6. The zero-order valence-corrected chi connectivity index (χ0v) is 10.7. The van der Waals surface area contributed by atoms with E-state index in [2.05, 4.69) is 14.8 Å². The molecular formula is C14H9FN2O4. The third kappa shape index (κ3) is 2.81. The first-order valence-corrected chi connectivity index (χ1v) is 6.02. The van der Waals surface area contributed by atoms with Crippen molar-refractivity contribution in [1.82, 2.24) is 10.3 Å². The van der Waals surface area contributed by atoms with Gasteiger partial charge < -0.3 is 13.8 Å². The van der Waals surface area contributed by atoms with Gasteiger partial charge in [-0.05, 0) is 12.1 Å². The van der Waals surface area contributed by atoms with Gasteiger partial charge in [-0.3, -0.25) is 0 Å². The van der Waals surface area contributed by atoms with Crippen LogP contribution in [0.15, 0.2) is 51.6 Å². The van der Waals surface area contributed by atoms with Crippen LogP contribution in [0, 0.1) is 5.82 Å². The number of ether oxygens (including phenoxy) is 1. The normalized spacial score (nSPS) is 10.5. The van der Waals surface area contributed by atoms with Gasteiger partial charge in [-0.2, -0.15) is 0 Å². The lowest BCUT2D eigenvalue weighted by Gasteiger charge is -1.97. The number of hydrogen-bond acceptors (Lipinski definition) is 6. The number of halogens is 1. The Labute approximate surface area is 118 Å². The van der Waals surface area contributed by atoms with Crippen LogP contribution in [0.25, 0.3) is 11.3 Å². The summed E-state index contributed by atoms with van der Waals surface area (Å²) in [5, 5.41) is 7.12. The summed E-state index contributed by atoms with van der Waals surface area (Å²) in [6.45, 7) is -0.114. The summed E-state index contributed by atoms with van der Waals surface area (Å²) in [4.78, 5) is 11.5. The molecule has 1 aromatic carbocycles. The van der Waals surface area contributed by atoms with E-state index in [0.29, 0.717) is 5.69 Å². The first-order chi connectivity index (χ1) is 10.2. The van der Waals surface area contributed by atoms with Crippen molar-refractivity contribution >= 4 is 5.97 Å². The molecule has 21 heavy (non-hydrogen) atoms. The minimum absolute atomic E-state index is 0.00665. The second-order valence-corrected chi connectivity index (χ2v) is 4.12. The summed E-state index contributed by atoms with van der Waals surface area (Å²) in [5.41, 5.74) is 0.652. The van der Waals surface area contributed by atoms with Gasteiger partial charge in [0.25, 0.3) is 0 Å². The lowest BCUT2D eigenvalue weighted by molar-refractivity contribution is 0.0417. The summed E-state index contributed by atoms with van der Waals surface area (Å²) in [5.74, 6) is -0.826. The molecule has 0 bridgehead atoms. The Morgan fingerprint density at radius 2 is 2.10 bits per heavy atom. The molecule has 6 nitrogen and oxygen atoms in total. The highest BCUT2D eigenvalue weighted by Gasteiger charge is 2.14. The van der Waals surface area contributed by atoms with Crippen molar-refractivity contribution in [2.45, 2.75) is 6.61 Å². The average molecular weight is 288 g/mol. The molecule has 3 aromatic rings. The molecule has 0 saturated carbocycles. The second kappa shape index (κ2) is 5.58. The van der Waals surface area contributed by atoms with Crippen LogP contribution in [0.4, 0.5) is 4.39 Å². The predicted molar refractivity (Wildman–Crippen MR) is 67.5 cm³/mol. The Morgan fingerprint density at radius 1 is 1.24 bits per heavy atom. The van der Waals surface area contributed by atoms with Crippen LogP contribution < -0.4 is 0 Å². The van der Waals surface area contributed by atoms with Crippen LogP contribution in [0.5, 0.6) is 0 Å². The number of aromatic nitrogens is 2. The Kier molecular flexibility index (Phi) is 3.46. The van der Waals surface area contributed by atoms with Crippen molar-refractivity contribution in [1.29, 1.82) is 0 Å². The highest BCUT2D eigenvalue weighted by Crippen LogP contribution is 2.23. The molecule has 0 atom stereocenters. The van der Waals surface area contributed by atoms with Crippen molar-refractivity contribution in [3.05, 3.63) is 59.9 Å². The number of rotatable bonds is 4. The van der Waals surface area contributed by atoms with Gasteiger partial charge in [-0.15, -0.1) is 0 Å². The Hall–Kier alpha value is -2.96. The molecule has 0 spiro atoms. The number of nitrogens with zero attached hydrogens (tertiary/aromatic N) is 2.